The largest absolute Gasteiger partial charge is 0.332 e. The summed E-state index contributed by atoms with van der Waals surface area (Å²) in [5.41, 5.74) is 2.22. The number of aromatic amines is 1. The van der Waals surface area contributed by atoms with E-state index in [1.54, 1.807) is 18.2 Å². The number of likely N-dealkylation sites (tertiary alicyclic amines) is 1. The summed E-state index contributed by atoms with van der Waals surface area (Å²) in [5.74, 6) is -0.0118. The standard InChI is InChI=1S/C21H21N3O2S/c1-2-23-20(26)16-11-10-15(13-17(16)22-21(23)27)19(25)24-12-6-9-18(24)14-7-4-3-5-8-14/h3-5,7-8,10-11,13,18H,2,6,9,12H2,1H3,(H,22,27)/t18-/m0/s1. The van der Waals surface area contributed by atoms with E-state index in [0.29, 0.717) is 27.8 Å². The molecule has 0 aliphatic carbocycles. The van der Waals surface area contributed by atoms with Crippen molar-refractivity contribution < 1.29 is 4.79 Å². The summed E-state index contributed by atoms with van der Waals surface area (Å²) >= 11 is 5.28. The van der Waals surface area contributed by atoms with Crippen LogP contribution in [0.3, 0.4) is 0 Å². The second-order valence-electron chi connectivity index (χ2n) is 6.81. The smallest absolute Gasteiger partial charge is 0.262 e. The summed E-state index contributed by atoms with van der Waals surface area (Å²) in [6.07, 6.45) is 1.95. The lowest BCUT2D eigenvalue weighted by Crippen LogP contribution is -2.30. The molecule has 1 aromatic heterocycles. The SMILES string of the molecule is CCn1c(=S)[nH]c2cc(C(=O)N3CCC[C@H]3c3ccccc3)ccc2c1=O. The Bertz CT molecular complexity index is 1120. The van der Waals surface area contributed by atoms with Crippen molar-refractivity contribution >= 4 is 29.0 Å². The zero-order valence-corrected chi connectivity index (χ0v) is 16.0. The molecule has 1 fully saturated rings. The number of amides is 1. The van der Waals surface area contributed by atoms with Crippen molar-refractivity contribution in [3.05, 3.63) is 74.8 Å². The number of carbonyl (C=O) groups is 1. The van der Waals surface area contributed by atoms with Crippen molar-refractivity contribution in [3.8, 4) is 0 Å². The number of nitrogens with zero attached hydrogens (tertiary/aromatic N) is 2. The molecule has 2 heterocycles. The third kappa shape index (κ3) is 3.10. The Hall–Kier alpha value is -2.73. The number of H-pyrrole nitrogens is 1. The van der Waals surface area contributed by atoms with E-state index in [1.807, 2.05) is 30.0 Å². The summed E-state index contributed by atoms with van der Waals surface area (Å²) in [6.45, 7) is 3.13. The molecule has 0 saturated carbocycles. The van der Waals surface area contributed by atoms with Gasteiger partial charge in [-0.2, -0.15) is 0 Å². The Balaban J connectivity index is 1.72. The lowest BCUT2D eigenvalue weighted by atomic mass is 10.0. The molecule has 5 nitrogen and oxygen atoms in total. The van der Waals surface area contributed by atoms with Crippen LogP contribution in [0.4, 0.5) is 0 Å². The average molecular weight is 379 g/mol. The van der Waals surface area contributed by atoms with Crippen molar-refractivity contribution in [2.24, 2.45) is 0 Å². The molecule has 1 saturated heterocycles. The van der Waals surface area contributed by atoms with Gasteiger partial charge in [0.15, 0.2) is 4.77 Å². The highest BCUT2D eigenvalue weighted by Gasteiger charge is 2.30. The number of hydrogen-bond donors (Lipinski definition) is 1. The zero-order chi connectivity index (χ0) is 19.0. The van der Waals surface area contributed by atoms with Crippen molar-refractivity contribution in [1.29, 1.82) is 0 Å². The zero-order valence-electron chi connectivity index (χ0n) is 15.1. The van der Waals surface area contributed by atoms with E-state index in [0.717, 1.165) is 24.9 Å². The number of nitrogens with one attached hydrogen (secondary N) is 1. The molecule has 1 atom stereocenters. The maximum atomic E-state index is 13.2. The Morgan fingerprint density at radius 3 is 2.74 bits per heavy atom. The van der Waals surface area contributed by atoms with Crippen LogP contribution >= 0.6 is 12.2 Å². The molecule has 0 radical (unpaired) electrons. The van der Waals surface area contributed by atoms with E-state index < -0.39 is 0 Å². The molecule has 4 rings (SSSR count). The van der Waals surface area contributed by atoms with Crippen LogP contribution in [-0.4, -0.2) is 26.9 Å². The molecule has 1 aliphatic heterocycles. The van der Waals surface area contributed by atoms with Crippen molar-refractivity contribution in [3.63, 3.8) is 0 Å². The summed E-state index contributed by atoms with van der Waals surface area (Å²) in [6, 6.07) is 15.4. The van der Waals surface area contributed by atoms with Gasteiger partial charge in [-0.25, -0.2) is 0 Å². The first kappa shape index (κ1) is 17.7. The molecule has 0 unspecified atom stereocenters. The number of fused-ring (bicyclic) bond motifs is 1. The van der Waals surface area contributed by atoms with Crippen LogP contribution in [-0.2, 0) is 6.54 Å². The van der Waals surface area contributed by atoms with Gasteiger partial charge in [-0.1, -0.05) is 30.3 Å². The fourth-order valence-electron chi connectivity index (χ4n) is 3.87. The van der Waals surface area contributed by atoms with E-state index in [9.17, 15) is 9.59 Å². The summed E-state index contributed by atoms with van der Waals surface area (Å²) in [5, 5.41) is 0.544. The van der Waals surface area contributed by atoms with Crippen LogP contribution in [0.2, 0.25) is 0 Å². The predicted octanol–water partition coefficient (Wildman–Crippen LogP) is 4.06. The van der Waals surface area contributed by atoms with Gasteiger partial charge in [0, 0.05) is 18.7 Å². The van der Waals surface area contributed by atoms with Crippen LogP contribution in [0.5, 0.6) is 0 Å². The normalized spacial score (nSPS) is 16.8. The molecule has 0 spiro atoms. The van der Waals surface area contributed by atoms with Crippen molar-refractivity contribution in [2.45, 2.75) is 32.4 Å². The van der Waals surface area contributed by atoms with Crippen molar-refractivity contribution in [2.75, 3.05) is 6.54 Å². The van der Waals surface area contributed by atoms with Gasteiger partial charge in [-0.3, -0.25) is 14.2 Å². The van der Waals surface area contributed by atoms with E-state index in [1.165, 1.54) is 4.57 Å². The topological polar surface area (TPSA) is 58.1 Å². The van der Waals surface area contributed by atoms with Crippen LogP contribution in [0.25, 0.3) is 10.9 Å². The molecule has 1 aliphatic rings. The number of carbonyl (C=O) groups excluding carboxylic acids is 1. The minimum absolute atomic E-state index is 0.0118. The van der Waals surface area contributed by atoms with E-state index in [4.69, 9.17) is 12.2 Å². The third-order valence-electron chi connectivity index (χ3n) is 5.24. The minimum atomic E-state index is -0.126. The van der Waals surface area contributed by atoms with Crippen molar-refractivity contribution in [1.82, 2.24) is 14.5 Å². The van der Waals surface area contributed by atoms with Crippen LogP contribution in [0.15, 0.2) is 53.3 Å². The van der Waals surface area contributed by atoms with Gasteiger partial charge in [0.1, 0.15) is 0 Å². The van der Waals surface area contributed by atoms with Crippen LogP contribution in [0, 0.1) is 4.77 Å². The fraction of sp³-hybridized carbons (Fsp3) is 0.286. The highest BCUT2D eigenvalue weighted by atomic mass is 32.1. The lowest BCUT2D eigenvalue weighted by molar-refractivity contribution is 0.0736. The maximum absolute atomic E-state index is 13.2. The number of benzene rings is 2. The number of hydrogen-bond acceptors (Lipinski definition) is 3. The molecule has 27 heavy (non-hydrogen) atoms. The van der Waals surface area contributed by atoms with Gasteiger partial charge in [0.25, 0.3) is 11.5 Å². The van der Waals surface area contributed by atoms with Gasteiger partial charge in [0.2, 0.25) is 0 Å². The highest BCUT2D eigenvalue weighted by molar-refractivity contribution is 7.71. The number of aromatic nitrogens is 2. The third-order valence-corrected chi connectivity index (χ3v) is 5.57. The molecular formula is C21H21N3O2S. The molecule has 138 valence electrons. The first-order chi connectivity index (χ1) is 13.1. The van der Waals surface area contributed by atoms with E-state index in [-0.39, 0.29) is 17.5 Å². The second-order valence-corrected chi connectivity index (χ2v) is 7.19. The quantitative estimate of drug-likeness (QED) is 0.698. The van der Waals surface area contributed by atoms with Gasteiger partial charge < -0.3 is 9.88 Å². The fourth-order valence-corrected chi connectivity index (χ4v) is 4.19. The van der Waals surface area contributed by atoms with Gasteiger partial charge in [0.05, 0.1) is 16.9 Å². The van der Waals surface area contributed by atoms with Gasteiger partial charge in [-0.05, 0) is 55.7 Å². The minimum Gasteiger partial charge on any atom is -0.332 e. The van der Waals surface area contributed by atoms with Crippen LogP contribution in [0.1, 0.15) is 41.7 Å². The second kappa shape index (κ2) is 7.12. The monoisotopic (exact) mass is 379 g/mol. The molecule has 6 heteroatoms. The summed E-state index contributed by atoms with van der Waals surface area (Å²) < 4.78 is 1.90. The maximum Gasteiger partial charge on any atom is 0.262 e. The molecule has 2 aromatic carbocycles. The Morgan fingerprint density at radius 2 is 2.00 bits per heavy atom. The lowest BCUT2D eigenvalue weighted by Gasteiger charge is -2.25. The molecular weight excluding hydrogens is 358 g/mol. The van der Waals surface area contributed by atoms with Crippen LogP contribution < -0.4 is 5.56 Å². The summed E-state index contributed by atoms with van der Waals surface area (Å²) in [7, 11) is 0. The molecule has 1 amide bonds. The van der Waals surface area contributed by atoms with E-state index in [2.05, 4.69) is 17.1 Å². The average Bonchev–Trinajstić information content (AvgIpc) is 3.18. The van der Waals surface area contributed by atoms with Gasteiger partial charge in [-0.15, -0.1) is 0 Å². The Labute approximate surface area is 162 Å². The first-order valence-electron chi connectivity index (χ1n) is 9.23. The Kier molecular flexibility index (Phi) is 4.66. The Morgan fingerprint density at radius 1 is 1.22 bits per heavy atom. The molecule has 3 aromatic rings. The number of rotatable bonds is 3. The molecule has 0 bridgehead atoms. The highest BCUT2D eigenvalue weighted by Crippen LogP contribution is 2.33. The molecule has 1 N–H and O–H groups in total. The van der Waals surface area contributed by atoms with Gasteiger partial charge >= 0.3 is 0 Å². The first-order valence-corrected chi connectivity index (χ1v) is 9.63. The predicted molar refractivity (Wildman–Crippen MR) is 109 cm³/mol. The van der Waals surface area contributed by atoms with E-state index >= 15 is 0 Å². The summed E-state index contributed by atoms with van der Waals surface area (Å²) in [4.78, 5) is 30.7.